The van der Waals surface area contributed by atoms with Crippen LogP contribution in [0.5, 0.6) is 0 Å². The standard InChI is InChI=1S/C25H32ClN3O5S/c1-6-17(2)27-25(32)18(3)28(15-20-10-12-22(26)13-11-20)24(31)16-29(35(5,33)34)23-9-7-8-21(14-23)19(4)30/h7-14,17-18H,6,15-16H2,1-5H3,(H,27,32)/t17-,18-/m0/s1. The van der Waals surface area contributed by atoms with Crippen LogP contribution in [-0.2, 0) is 26.2 Å². The van der Waals surface area contributed by atoms with Gasteiger partial charge >= 0.3 is 0 Å². The van der Waals surface area contributed by atoms with Crippen LogP contribution in [0, 0.1) is 0 Å². The number of halogens is 1. The first-order valence-corrected chi connectivity index (χ1v) is 13.5. The van der Waals surface area contributed by atoms with E-state index >= 15 is 0 Å². The molecule has 190 valence electrons. The summed E-state index contributed by atoms with van der Waals surface area (Å²) in [7, 11) is -3.88. The van der Waals surface area contributed by atoms with E-state index in [0.717, 1.165) is 22.5 Å². The number of Topliss-reactive ketones (excluding diaryl/α,β-unsaturated/α-hetero) is 1. The normalized spacial score (nSPS) is 13.0. The number of carbonyl (C=O) groups is 3. The molecule has 35 heavy (non-hydrogen) atoms. The Labute approximate surface area is 212 Å². The highest BCUT2D eigenvalue weighted by Gasteiger charge is 2.30. The fourth-order valence-corrected chi connectivity index (χ4v) is 4.30. The van der Waals surface area contributed by atoms with Crippen molar-refractivity contribution in [1.82, 2.24) is 10.2 Å². The van der Waals surface area contributed by atoms with Gasteiger partial charge in [-0.25, -0.2) is 8.42 Å². The molecule has 0 heterocycles. The van der Waals surface area contributed by atoms with E-state index in [-0.39, 0.29) is 30.0 Å². The van der Waals surface area contributed by atoms with Gasteiger partial charge in [0.15, 0.2) is 5.78 Å². The molecule has 0 aliphatic carbocycles. The fraction of sp³-hybridized carbons (Fsp3) is 0.400. The Balaban J connectivity index is 2.41. The van der Waals surface area contributed by atoms with Crippen molar-refractivity contribution in [2.45, 2.75) is 52.7 Å². The molecule has 0 unspecified atom stereocenters. The maximum absolute atomic E-state index is 13.5. The van der Waals surface area contributed by atoms with Crippen LogP contribution in [-0.4, -0.2) is 55.8 Å². The summed E-state index contributed by atoms with van der Waals surface area (Å²) in [6.45, 7) is 6.33. The van der Waals surface area contributed by atoms with Crippen molar-refractivity contribution < 1.29 is 22.8 Å². The van der Waals surface area contributed by atoms with Crippen LogP contribution in [0.25, 0.3) is 0 Å². The largest absolute Gasteiger partial charge is 0.352 e. The number of sulfonamides is 1. The predicted molar refractivity (Wildman–Crippen MR) is 138 cm³/mol. The zero-order valence-electron chi connectivity index (χ0n) is 20.6. The summed E-state index contributed by atoms with van der Waals surface area (Å²) in [6.07, 6.45) is 1.71. The van der Waals surface area contributed by atoms with Crippen LogP contribution in [0.4, 0.5) is 5.69 Å². The van der Waals surface area contributed by atoms with Gasteiger partial charge < -0.3 is 10.2 Å². The number of hydrogen-bond acceptors (Lipinski definition) is 5. The second-order valence-corrected chi connectivity index (χ2v) is 10.9. The average Bonchev–Trinajstić information content (AvgIpc) is 2.80. The highest BCUT2D eigenvalue weighted by molar-refractivity contribution is 7.92. The number of anilines is 1. The van der Waals surface area contributed by atoms with Gasteiger partial charge in [-0.2, -0.15) is 0 Å². The summed E-state index contributed by atoms with van der Waals surface area (Å²) in [5.41, 5.74) is 1.25. The molecule has 0 saturated carbocycles. The minimum Gasteiger partial charge on any atom is -0.352 e. The van der Waals surface area contributed by atoms with E-state index in [0.29, 0.717) is 10.6 Å². The Morgan fingerprint density at radius 2 is 1.69 bits per heavy atom. The molecule has 8 nitrogen and oxygen atoms in total. The molecule has 1 N–H and O–H groups in total. The van der Waals surface area contributed by atoms with Crippen LogP contribution in [0.3, 0.4) is 0 Å². The monoisotopic (exact) mass is 521 g/mol. The lowest BCUT2D eigenvalue weighted by molar-refractivity contribution is -0.139. The van der Waals surface area contributed by atoms with E-state index < -0.39 is 28.5 Å². The van der Waals surface area contributed by atoms with Crippen molar-refractivity contribution in [2.24, 2.45) is 0 Å². The van der Waals surface area contributed by atoms with Gasteiger partial charge in [0.1, 0.15) is 12.6 Å². The number of ketones is 1. The number of nitrogens with zero attached hydrogens (tertiary/aromatic N) is 2. The summed E-state index contributed by atoms with van der Waals surface area (Å²) < 4.78 is 26.2. The van der Waals surface area contributed by atoms with Crippen molar-refractivity contribution in [1.29, 1.82) is 0 Å². The smallest absolute Gasteiger partial charge is 0.244 e. The third-order valence-corrected chi connectivity index (χ3v) is 7.05. The molecule has 2 rings (SSSR count). The number of hydrogen-bond donors (Lipinski definition) is 1. The first kappa shape index (κ1) is 28.3. The summed E-state index contributed by atoms with van der Waals surface area (Å²) >= 11 is 5.98. The molecule has 0 aliphatic rings. The lowest BCUT2D eigenvalue weighted by Gasteiger charge is -2.32. The molecular formula is C25H32ClN3O5S. The second kappa shape index (κ2) is 12.2. The molecule has 0 fully saturated rings. The van der Waals surface area contributed by atoms with E-state index in [1.807, 2.05) is 13.8 Å². The number of amides is 2. The third kappa shape index (κ3) is 8.07. The number of carbonyl (C=O) groups excluding carboxylic acids is 3. The molecule has 2 aromatic carbocycles. The summed E-state index contributed by atoms with van der Waals surface area (Å²) in [5, 5.41) is 3.40. The zero-order chi connectivity index (χ0) is 26.3. The maximum Gasteiger partial charge on any atom is 0.244 e. The van der Waals surface area contributed by atoms with Gasteiger partial charge in [0.2, 0.25) is 21.8 Å². The molecule has 2 amide bonds. The van der Waals surface area contributed by atoms with Gasteiger partial charge in [-0.1, -0.05) is 42.8 Å². The van der Waals surface area contributed by atoms with Crippen LogP contribution >= 0.6 is 11.6 Å². The quantitative estimate of drug-likeness (QED) is 0.455. The Bertz CT molecular complexity index is 1170. The van der Waals surface area contributed by atoms with Crippen LogP contribution < -0.4 is 9.62 Å². The molecule has 0 radical (unpaired) electrons. The maximum atomic E-state index is 13.5. The topological polar surface area (TPSA) is 104 Å². The van der Waals surface area contributed by atoms with Crippen molar-refractivity contribution in [3.8, 4) is 0 Å². The van der Waals surface area contributed by atoms with E-state index in [9.17, 15) is 22.8 Å². The molecule has 0 aliphatic heterocycles. The number of nitrogens with one attached hydrogen (secondary N) is 1. The second-order valence-electron chi connectivity index (χ2n) is 8.52. The Hall–Kier alpha value is -2.91. The molecule has 2 atom stereocenters. The molecule has 0 bridgehead atoms. The Morgan fingerprint density at radius 1 is 1.06 bits per heavy atom. The summed E-state index contributed by atoms with van der Waals surface area (Å²) in [5.74, 6) is -1.14. The predicted octanol–water partition coefficient (Wildman–Crippen LogP) is 3.64. The van der Waals surface area contributed by atoms with Gasteiger partial charge in [-0.3, -0.25) is 18.7 Å². The van der Waals surface area contributed by atoms with Crippen LogP contribution in [0.1, 0.15) is 50.0 Å². The lowest BCUT2D eigenvalue weighted by Crippen LogP contribution is -2.52. The Kier molecular flexibility index (Phi) is 9.85. The van der Waals surface area contributed by atoms with E-state index in [1.165, 1.54) is 24.0 Å². The molecule has 0 saturated heterocycles. The average molecular weight is 522 g/mol. The molecule has 2 aromatic rings. The Morgan fingerprint density at radius 3 is 2.23 bits per heavy atom. The molecule has 0 spiro atoms. The molecule has 10 heteroatoms. The van der Waals surface area contributed by atoms with E-state index in [4.69, 9.17) is 11.6 Å². The van der Waals surface area contributed by atoms with Crippen LogP contribution in [0.2, 0.25) is 5.02 Å². The first-order valence-electron chi connectivity index (χ1n) is 11.3. The van der Waals surface area contributed by atoms with Crippen molar-refractivity contribution >= 4 is 44.9 Å². The van der Waals surface area contributed by atoms with E-state index in [1.54, 1.807) is 43.3 Å². The fourth-order valence-electron chi connectivity index (χ4n) is 3.33. The first-order chi connectivity index (χ1) is 16.3. The van der Waals surface area contributed by atoms with Crippen molar-refractivity contribution in [2.75, 3.05) is 17.1 Å². The van der Waals surface area contributed by atoms with Crippen molar-refractivity contribution in [3.63, 3.8) is 0 Å². The lowest BCUT2D eigenvalue weighted by atomic mass is 10.1. The minimum absolute atomic E-state index is 0.0795. The summed E-state index contributed by atoms with van der Waals surface area (Å²) in [6, 6.07) is 12.0. The zero-order valence-corrected chi connectivity index (χ0v) is 22.2. The highest BCUT2D eigenvalue weighted by Crippen LogP contribution is 2.21. The van der Waals surface area contributed by atoms with Crippen molar-refractivity contribution in [3.05, 3.63) is 64.7 Å². The van der Waals surface area contributed by atoms with Gasteiger partial charge in [-0.05, 0) is 57.0 Å². The van der Waals surface area contributed by atoms with Gasteiger partial charge in [0.25, 0.3) is 0 Å². The SMILES string of the molecule is CC[C@H](C)NC(=O)[C@H](C)N(Cc1ccc(Cl)cc1)C(=O)CN(c1cccc(C(C)=O)c1)S(C)(=O)=O. The van der Waals surface area contributed by atoms with Gasteiger partial charge in [0, 0.05) is 23.2 Å². The minimum atomic E-state index is -3.88. The van der Waals surface area contributed by atoms with E-state index in [2.05, 4.69) is 5.32 Å². The van der Waals surface area contributed by atoms with Crippen LogP contribution in [0.15, 0.2) is 48.5 Å². The van der Waals surface area contributed by atoms with Gasteiger partial charge in [0.05, 0.1) is 11.9 Å². The molecule has 0 aromatic heterocycles. The van der Waals surface area contributed by atoms with Gasteiger partial charge in [-0.15, -0.1) is 0 Å². The third-order valence-electron chi connectivity index (χ3n) is 5.65. The number of benzene rings is 2. The molecular weight excluding hydrogens is 490 g/mol. The number of rotatable bonds is 11. The summed E-state index contributed by atoms with van der Waals surface area (Å²) in [4.78, 5) is 39.5. The highest BCUT2D eigenvalue weighted by atomic mass is 35.5.